The summed E-state index contributed by atoms with van der Waals surface area (Å²) in [5.41, 5.74) is 9.07. The molecule has 0 aliphatic carbocycles. The summed E-state index contributed by atoms with van der Waals surface area (Å²) in [7, 11) is 7.35. The van der Waals surface area contributed by atoms with Gasteiger partial charge in [-0.15, -0.1) is 0 Å². The van der Waals surface area contributed by atoms with Crippen LogP contribution in [0.5, 0.6) is 11.5 Å². The number of nitrogens with zero attached hydrogens (tertiary/aromatic N) is 3. The number of nitrogens with one attached hydrogen (secondary N) is 2. The molecule has 0 unspecified atom stereocenters. The highest BCUT2D eigenvalue weighted by Crippen LogP contribution is 2.32. The lowest BCUT2D eigenvalue weighted by atomic mass is 10.1. The minimum Gasteiger partial charge on any atom is -0.495 e. The SMILES string of the molecule is COc1ccc(-c2ccnc(Nc3ccc(SNCCN(C)C)c(OC)c3)n2)cc1N. The Labute approximate surface area is 187 Å². The zero-order valence-electron chi connectivity index (χ0n) is 18.2. The highest BCUT2D eigenvalue weighted by molar-refractivity contribution is 7.97. The Hall–Kier alpha value is -3.01. The van der Waals surface area contributed by atoms with E-state index in [1.54, 1.807) is 32.4 Å². The number of anilines is 3. The molecule has 3 aromatic rings. The molecule has 0 aliphatic rings. The number of methoxy groups -OCH3 is 2. The second-order valence-corrected chi connectivity index (χ2v) is 7.95. The van der Waals surface area contributed by atoms with E-state index in [0.29, 0.717) is 17.4 Å². The molecule has 8 nitrogen and oxygen atoms in total. The van der Waals surface area contributed by atoms with Crippen LogP contribution in [-0.2, 0) is 0 Å². The fraction of sp³-hybridized carbons (Fsp3) is 0.273. The van der Waals surface area contributed by atoms with Gasteiger partial charge in [0.25, 0.3) is 0 Å². The standard InChI is InChI=1S/C22H28N6O2S/c1-28(2)12-11-25-31-21-8-6-16(14-20(21)30-4)26-22-24-10-9-18(27-22)15-5-7-19(29-3)17(23)13-15/h5-10,13-14,25H,11-12,23H2,1-4H3,(H,24,26,27). The Bertz CT molecular complexity index is 1020. The van der Waals surface area contributed by atoms with Crippen LogP contribution in [0.1, 0.15) is 0 Å². The number of ether oxygens (including phenoxy) is 2. The number of likely N-dealkylation sites (N-methyl/N-ethyl adjacent to an activating group) is 1. The molecule has 0 saturated heterocycles. The summed E-state index contributed by atoms with van der Waals surface area (Å²) in [4.78, 5) is 12.1. The first kappa shape index (κ1) is 22.7. The van der Waals surface area contributed by atoms with Gasteiger partial charge in [-0.3, -0.25) is 4.72 Å². The molecule has 9 heteroatoms. The number of rotatable bonds is 10. The van der Waals surface area contributed by atoms with Gasteiger partial charge in [-0.2, -0.15) is 0 Å². The van der Waals surface area contributed by atoms with Crippen LogP contribution in [0, 0.1) is 0 Å². The molecule has 1 heterocycles. The van der Waals surface area contributed by atoms with Gasteiger partial charge >= 0.3 is 0 Å². The van der Waals surface area contributed by atoms with Crippen molar-refractivity contribution in [2.75, 3.05) is 52.5 Å². The largest absolute Gasteiger partial charge is 0.495 e. The van der Waals surface area contributed by atoms with Gasteiger partial charge in [-0.05, 0) is 62.4 Å². The van der Waals surface area contributed by atoms with Crippen LogP contribution in [0.4, 0.5) is 17.3 Å². The smallest absolute Gasteiger partial charge is 0.227 e. The molecule has 4 N–H and O–H groups in total. The van der Waals surface area contributed by atoms with Crippen LogP contribution in [0.15, 0.2) is 53.6 Å². The Morgan fingerprint density at radius 2 is 1.84 bits per heavy atom. The molecular formula is C22H28N6O2S. The van der Waals surface area contributed by atoms with Gasteiger partial charge in [0, 0.05) is 36.6 Å². The Kier molecular flexibility index (Phi) is 7.94. The summed E-state index contributed by atoms with van der Waals surface area (Å²) >= 11 is 1.55. The summed E-state index contributed by atoms with van der Waals surface area (Å²) < 4.78 is 14.1. The van der Waals surface area contributed by atoms with Crippen LogP contribution >= 0.6 is 11.9 Å². The average molecular weight is 441 g/mol. The van der Waals surface area contributed by atoms with Gasteiger partial charge in [-0.25, -0.2) is 9.97 Å². The third kappa shape index (κ3) is 6.24. The monoisotopic (exact) mass is 440 g/mol. The van der Waals surface area contributed by atoms with E-state index in [4.69, 9.17) is 15.2 Å². The van der Waals surface area contributed by atoms with Crippen molar-refractivity contribution in [2.24, 2.45) is 0 Å². The van der Waals surface area contributed by atoms with Crippen molar-refractivity contribution in [2.45, 2.75) is 4.90 Å². The molecule has 0 saturated carbocycles. The molecule has 31 heavy (non-hydrogen) atoms. The van der Waals surface area contributed by atoms with Crippen molar-refractivity contribution in [3.05, 3.63) is 48.7 Å². The first-order valence-electron chi connectivity index (χ1n) is 9.76. The molecule has 2 aromatic carbocycles. The summed E-state index contributed by atoms with van der Waals surface area (Å²) in [5, 5.41) is 3.24. The molecule has 3 rings (SSSR count). The van der Waals surface area contributed by atoms with E-state index in [0.717, 1.165) is 40.7 Å². The first-order chi connectivity index (χ1) is 15.0. The predicted octanol–water partition coefficient (Wildman–Crippen LogP) is 3.64. The fourth-order valence-corrected chi connectivity index (χ4v) is 3.56. The molecule has 0 amide bonds. The third-order valence-corrected chi connectivity index (χ3v) is 5.35. The Morgan fingerprint density at radius 1 is 1.03 bits per heavy atom. The van der Waals surface area contributed by atoms with Gasteiger partial charge in [0.1, 0.15) is 11.5 Å². The van der Waals surface area contributed by atoms with Gasteiger partial charge in [0.05, 0.1) is 30.5 Å². The molecule has 0 atom stereocenters. The van der Waals surface area contributed by atoms with Crippen LogP contribution in [0.25, 0.3) is 11.3 Å². The number of hydrogen-bond acceptors (Lipinski definition) is 9. The van der Waals surface area contributed by atoms with Gasteiger partial charge in [-0.1, -0.05) is 0 Å². The zero-order valence-corrected chi connectivity index (χ0v) is 19.0. The van der Waals surface area contributed by atoms with Crippen LogP contribution in [-0.4, -0.2) is 56.3 Å². The lowest BCUT2D eigenvalue weighted by molar-refractivity contribution is 0.404. The van der Waals surface area contributed by atoms with E-state index in [-0.39, 0.29) is 0 Å². The van der Waals surface area contributed by atoms with Gasteiger partial charge < -0.3 is 25.4 Å². The summed E-state index contributed by atoms with van der Waals surface area (Å²) in [6.45, 7) is 1.83. The van der Waals surface area contributed by atoms with E-state index in [9.17, 15) is 0 Å². The molecule has 1 aromatic heterocycles. The summed E-state index contributed by atoms with van der Waals surface area (Å²) in [5.74, 6) is 1.89. The van der Waals surface area contributed by atoms with E-state index >= 15 is 0 Å². The molecule has 0 spiro atoms. The van der Waals surface area contributed by atoms with Gasteiger partial charge in [0.15, 0.2) is 0 Å². The van der Waals surface area contributed by atoms with Crippen molar-refractivity contribution in [3.8, 4) is 22.8 Å². The van der Waals surface area contributed by atoms with E-state index < -0.39 is 0 Å². The van der Waals surface area contributed by atoms with Crippen molar-refractivity contribution in [1.82, 2.24) is 19.6 Å². The molecule has 0 radical (unpaired) electrons. The maximum atomic E-state index is 6.03. The zero-order chi connectivity index (χ0) is 22.2. The van der Waals surface area contributed by atoms with Crippen molar-refractivity contribution in [3.63, 3.8) is 0 Å². The third-order valence-electron chi connectivity index (χ3n) is 4.44. The Balaban J connectivity index is 1.72. The van der Waals surface area contributed by atoms with Crippen LogP contribution < -0.4 is 25.2 Å². The lowest BCUT2D eigenvalue weighted by Gasteiger charge is -2.13. The second-order valence-electron chi connectivity index (χ2n) is 7.01. The topological polar surface area (TPSA) is 97.6 Å². The van der Waals surface area contributed by atoms with Crippen molar-refractivity contribution in [1.29, 1.82) is 0 Å². The first-order valence-corrected chi connectivity index (χ1v) is 10.6. The number of benzene rings is 2. The van der Waals surface area contributed by atoms with E-state index in [1.165, 1.54) is 0 Å². The summed E-state index contributed by atoms with van der Waals surface area (Å²) in [6.07, 6.45) is 1.71. The van der Waals surface area contributed by atoms with Crippen LogP contribution in [0.3, 0.4) is 0 Å². The lowest BCUT2D eigenvalue weighted by Crippen LogP contribution is -2.22. The average Bonchev–Trinajstić information content (AvgIpc) is 2.77. The highest BCUT2D eigenvalue weighted by atomic mass is 32.2. The van der Waals surface area contributed by atoms with Crippen molar-refractivity contribution >= 4 is 29.3 Å². The summed E-state index contributed by atoms with van der Waals surface area (Å²) in [6, 6.07) is 13.3. The quantitative estimate of drug-likeness (QED) is 0.248. The molecule has 0 aliphatic heterocycles. The van der Waals surface area contributed by atoms with Gasteiger partial charge in [0.2, 0.25) is 5.95 Å². The minimum absolute atomic E-state index is 0.485. The Morgan fingerprint density at radius 3 is 2.55 bits per heavy atom. The molecular weight excluding hydrogens is 412 g/mol. The van der Waals surface area contributed by atoms with E-state index in [2.05, 4.69) is 24.9 Å². The van der Waals surface area contributed by atoms with Crippen LogP contribution in [0.2, 0.25) is 0 Å². The number of nitrogens with two attached hydrogens (primary N) is 1. The fourth-order valence-electron chi connectivity index (χ4n) is 2.83. The van der Waals surface area contributed by atoms with E-state index in [1.807, 2.05) is 56.6 Å². The molecule has 0 bridgehead atoms. The number of hydrogen-bond donors (Lipinski definition) is 3. The maximum Gasteiger partial charge on any atom is 0.227 e. The normalized spacial score (nSPS) is 10.9. The molecule has 164 valence electrons. The molecule has 0 fully saturated rings. The maximum absolute atomic E-state index is 6.03. The van der Waals surface area contributed by atoms with Crippen molar-refractivity contribution < 1.29 is 9.47 Å². The predicted molar refractivity (Wildman–Crippen MR) is 127 cm³/mol. The second kappa shape index (κ2) is 10.9. The number of aromatic nitrogens is 2. The minimum atomic E-state index is 0.485. The highest BCUT2D eigenvalue weighted by Gasteiger charge is 2.09. The number of nitrogen functional groups attached to an aromatic ring is 1.